The second-order valence-electron chi connectivity index (χ2n) is 6.72. The molecule has 1 N–H and O–H groups in total. The van der Waals surface area contributed by atoms with Crippen LogP contribution in [0.2, 0.25) is 0 Å². The zero-order valence-electron chi connectivity index (χ0n) is 18.6. The van der Waals surface area contributed by atoms with E-state index in [2.05, 4.69) is 10.3 Å². The number of nitrogens with one attached hydrogen (secondary N) is 1. The first-order chi connectivity index (χ1) is 16.0. The van der Waals surface area contributed by atoms with E-state index in [1.165, 1.54) is 13.3 Å². The number of ether oxygens (including phenoxy) is 3. The van der Waals surface area contributed by atoms with Crippen molar-refractivity contribution in [1.82, 2.24) is 15.2 Å². The molecule has 0 saturated carbocycles. The predicted octanol–water partition coefficient (Wildman–Crippen LogP) is 3.35. The van der Waals surface area contributed by atoms with Gasteiger partial charge in [0.2, 0.25) is 5.88 Å². The second-order valence-corrected chi connectivity index (χ2v) is 7.71. The lowest BCUT2D eigenvalue weighted by molar-refractivity contribution is -0.122. The number of nitrogens with zero attached hydrogens (tertiary/aromatic N) is 2. The topological polar surface area (TPSA) is 107 Å². The van der Waals surface area contributed by atoms with Gasteiger partial charge in [0.15, 0.2) is 11.5 Å². The first kappa shape index (κ1) is 24.1. The molecule has 1 saturated heterocycles. The number of methoxy groups -OCH3 is 1. The highest BCUT2D eigenvalue weighted by atomic mass is 32.2. The van der Waals surface area contributed by atoms with E-state index >= 15 is 0 Å². The summed E-state index contributed by atoms with van der Waals surface area (Å²) < 4.78 is 16.2. The molecular formula is C23H25N3O6S. The number of carbonyl (C=O) groups is 3. The fraction of sp³-hybridized carbons (Fsp3) is 0.304. The SMILES string of the molecule is CCOc1ccc(/C=C2\SC(=O)N(CCNC(=O)c3cccnc3OCC)C2=O)cc1OC. The van der Waals surface area contributed by atoms with Crippen molar-refractivity contribution in [1.29, 1.82) is 0 Å². The van der Waals surface area contributed by atoms with Crippen molar-refractivity contribution in [2.24, 2.45) is 0 Å². The van der Waals surface area contributed by atoms with Crippen molar-refractivity contribution in [3.05, 3.63) is 52.6 Å². The average Bonchev–Trinajstić information content (AvgIpc) is 3.08. The lowest BCUT2D eigenvalue weighted by Crippen LogP contribution is -2.37. The molecule has 2 aromatic rings. The maximum Gasteiger partial charge on any atom is 0.293 e. The van der Waals surface area contributed by atoms with Crippen molar-refractivity contribution in [3.8, 4) is 17.4 Å². The number of pyridine rings is 1. The van der Waals surface area contributed by atoms with Crippen LogP contribution in [0.1, 0.15) is 29.8 Å². The molecule has 1 aromatic heterocycles. The summed E-state index contributed by atoms with van der Waals surface area (Å²) in [6.45, 7) is 4.69. The van der Waals surface area contributed by atoms with Crippen LogP contribution in [-0.2, 0) is 4.79 Å². The van der Waals surface area contributed by atoms with Crippen molar-refractivity contribution in [3.63, 3.8) is 0 Å². The van der Waals surface area contributed by atoms with Crippen LogP contribution < -0.4 is 19.5 Å². The highest BCUT2D eigenvalue weighted by Crippen LogP contribution is 2.34. The van der Waals surface area contributed by atoms with Crippen LogP contribution in [0.4, 0.5) is 4.79 Å². The minimum absolute atomic E-state index is 0.0462. The normalized spacial score (nSPS) is 14.5. The van der Waals surface area contributed by atoms with Crippen LogP contribution in [0.3, 0.4) is 0 Å². The van der Waals surface area contributed by atoms with E-state index in [-0.39, 0.29) is 24.5 Å². The van der Waals surface area contributed by atoms with Crippen LogP contribution >= 0.6 is 11.8 Å². The predicted molar refractivity (Wildman–Crippen MR) is 125 cm³/mol. The first-order valence-electron chi connectivity index (χ1n) is 10.4. The van der Waals surface area contributed by atoms with Gasteiger partial charge in [-0.25, -0.2) is 4.98 Å². The van der Waals surface area contributed by atoms with Gasteiger partial charge in [-0.2, -0.15) is 0 Å². The van der Waals surface area contributed by atoms with Crippen molar-refractivity contribution >= 4 is 34.9 Å². The van der Waals surface area contributed by atoms with Crippen LogP contribution in [-0.4, -0.2) is 60.4 Å². The summed E-state index contributed by atoms with van der Waals surface area (Å²) in [7, 11) is 1.53. The summed E-state index contributed by atoms with van der Waals surface area (Å²) in [5.74, 6) is 0.563. The van der Waals surface area contributed by atoms with Gasteiger partial charge >= 0.3 is 0 Å². The summed E-state index contributed by atoms with van der Waals surface area (Å²) in [4.78, 5) is 43.0. The number of carbonyl (C=O) groups excluding carboxylic acids is 3. The second kappa shape index (κ2) is 11.4. The van der Waals surface area contributed by atoms with Crippen LogP contribution in [0.15, 0.2) is 41.4 Å². The first-order valence-corrected chi connectivity index (χ1v) is 11.2. The molecule has 3 amide bonds. The number of hydrogen-bond acceptors (Lipinski definition) is 8. The molecule has 0 spiro atoms. The number of rotatable bonds is 10. The number of thioether (sulfide) groups is 1. The van der Waals surface area contributed by atoms with Gasteiger partial charge in [-0.05, 0) is 61.5 Å². The smallest absolute Gasteiger partial charge is 0.293 e. The third-order valence-corrected chi connectivity index (χ3v) is 5.48. The van der Waals surface area contributed by atoms with Crippen molar-refractivity contribution in [2.75, 3.05) is 33.4 Å². The Kier molecular flexibility index (Phi) is 8.31. The number of benzene rings is 1. The fourth-order valence-electron chi connectivity index (χ4n) is 3.08. The standard InChI is InChI=1S/C23H25N3O6S/c1-4-31-17-9-8-15(13-18(17)30-3)14-19-22(28)26(23(29)33-19)12-11-24-20(27)16-7-6-10-25-21(16)32-5-2/h6-10,13-14H,4-5,11-12H2,1-3H3,(H,24,27)/b19-14-. The van der Waals surface area contributed by atoms with Crippen molar-refractivity contribution < 1.29 is 28.6 Å². The summed E-state index contributed by atoms with van der Waals surface area (Å²) in [6.07, 6.45) is 3.17. The number of amides is 3. The molecule has 1 fully saturated rings. The molecule has 10 heteroatoms. The molecule has 0 unspecified atom stereocenters. The Morgan fingerprint density at radius 3 is 2.67 bits per heavy atom. The zero-order valence-corrected chi connectivity index (χ0v) is 19.4. The summed E-state index contributed by atoms with van der Waals surface area (Å²) in [5.41, 5.74) is 0.993. The quantitative estimate of drug-likeness (QED) is 0.526. The van der Waals surface area contributed by atoms with Crippen LogP contribution in [0.25, 0.3) is 6.08 Å². The van der Waals surface area contributed by atoms with Gasteiger partial charge in [0, 0.05) is 19.3 Å². The molecule has 0 atom stereocenters. The third kappa shape index (κ3) is 5.83. The Morgan fingerprint density at radius 1 is 1.15 bits per heavy atom. The molecule has 1 aliphatic rings. The number of aromatic nitrogens is 1. The molecule has 1 aromatic carbocycles. The van der Waals surface area contributed by atoms with Crippen molar-refractivity contribution in [2.45, 2.75) is 13.8 Å². The summed E-state index contributed by atoms with van der Waals surface area (Å²) >= 11 is 0.853. The van der Waals surface area contributed by atoms with E-state index in [0.29, 0.717) is 35.2 Å². The zero-order chi connectivity index (χ0) is 23.8. The lowest BCUT2D eigenvalue weighted by atomic mass is 10.2. The molecule has 0 radical (unpaired) electrons. The molecule has 2 heterocycles. The maximum absolute atomic E-state index is 12.7. The van der Waals surface area contributed by atoms with E-state index in [9.17, 15) is 14.4 Å². The highest BCUT2D eigenvalue weighted by molar-refractivity contribution is 8.18. The van der Waals surface area contributed by atoms with Gasteiger partial charge in [0.05, 0.1) is 25.2 Å². The molecule has 9 nitrogen and oxygen atoms in total. The molecular weight excluding hydrogens is 446 g/mol. The van der Waals surface area contributed by atoms with E-state index < -0.39 is 17.1 Å². The van der Waals surface area contributed by atoms with Crippen LogP contribution in [0, 0.1) is 0 Å². The van der Waals surface area contributed by atoms with Crippen LogP contribution in [0.5, 0.6) is 17.4 Å². The Balaban J connectivity index is 1.63. The minimum Gasteiger partial charge on any atom is -0.493 e. The average molecular weight is 472 g/mol. The van der Waals surface area contributed by atoms with E-state index in [4.69, 9.17) is 14.2 Å². The Morgan fingerprint density at radius 2 is 1.94 bits per heavy atom. The largest absolute Gasteiger partial charge is 0.493 e. The van der Waals surface area contributed by atoms with Gasteiger partial charge in [-0.1, -0.05) is 6.07 Å². The maximum atomic E-state index is 12.7. The van der Waals surface area contributed by atoms with Gasteiger partial charge in [0.25, 0.3) is 17.1 Å². The highest BCUT2D eigenvalue weighted by Gasteiger charge is 2.34. The van der Waals surface area contributed by atoms with Gasteiger partial charge in [-0.3, -0.25) is 19.3 Å². The molecule has 0 bridgehead atoms. The summed E-state index contributed by atoms with van der Waals surface area (Å²) in [6, 6.07) is 8.51. The van der Waals surface area contributed by atoms with E-state index in [0.717, 1.165) is 16.7 Å². The Bertz CT molecular complexity index is 1070. The third-order valence-electron chi connectivity index (χ3n) is 4.58. The van der Waals surface area contributed by atoms with Gasteiger partial charge < -0.3 is 19.5 Å². The van der Waals surface area contributed by atoms with E-state index in [1.54, 1.807) is 43.3 Å². The molecule has 33 heavy (non-hydrogen) atoms. The lowest BCUT2D eigenvalue weighted by Gasteiger charge is -2.14. The van der Waals surface area contributed by atoms with E-state index in [1.807, 2.05) is 6.92 Å². The molecule has 3 rings (SSSR count). The van der Waals surface area contributed by atoms with Gasteiger partial charge in [-0.15, -0.1) is 0 Å². The molecule has 174 valence electrons. The Labute approximate surface area is 196 Å². The minimum atomic E-state index is -0.413. The number of hydrogen-bond donors (Lipinski definition) is 1. The number of imide groups is 1. The molecule has 0 aliphatic carbocycles. The Hall–Kier alpha value is -3.53. The summed E-state index contributed by atoms with van der Waals surface area (Å²) in [5, 5.41) is 2.31. The molecule has 1 aliphatic heterocycles. The fourth-order valence-corrected chi connectivity index (χ4v) is 3.95. The monoisotopic (exact) mass is 471 g/mol. The van der Waals surface area contributed by atoms with Gasteiger partial charge in [0.1, 0.15) is 5.56 Å².